The molecule has 0 aliphatic rings. The highest BCUT2D eigenvalue weighted by Gasteiger charge is 2.37. The van der Waals surface area contributed by atoms with Gasteiger partial charge in [0.05, 0.1) is 29.0 Å². The van der Waals surface area contributed by atoms with Gasteiger partial charge in [-0.1, -0.05) is 18.2 Å². The molecule has 2 atom stereocenters. The van der Waals surface area contributed by atoms with Crippen LogP contribution < -0.4 is 5.32 Å². The molecule has 2 aromatic rings. The zero-order valence-corrected chi connectivity index (χ0v) is 17.2. The molecule has 0 saturated carbocycles. The predicted molar refractivity (Wildman–Crippen MR) is 102 cm³/mol. The molecule has 0 unspecified atom stereocenters. The van der Waals surface area contributed by atoms with Crippen molar-refractivity contribution in [2.45, 2.75) is 29.7 Å². The maximum Gasteiger partial charge on any atom is 0.416 e. The van der Waals surface area contributed by atoms with Gasteiger partial charge in [-0.05, 0) is 36.8 Å². The molecule has 1 N–H and O–H groups in total. The highest BCUT2D eigenvalue weighted by atomic mass is 32.2. The van der Waals surface area contributed by atoms with Gasteiger partial charge < -0.3 is 10.1 Å². The Bertz CT molecular complexity index is 960. The van der Waals surface area contributed by atoms with Crippen molar-refractivity contribution in [2.75, 3.05) is 12.9 Å². The molecule has 2 rings (SSSR count). The number of alkyl halides is 6. The quantitative estimate of drug-likeness (QED) is 0.476. The normalized spacial score (nSPS) is 13.8. The van der Waals surface area contributed by atoms with Crippen LogP contribution >= 0.6 is 0 Å². The summed E-state index contributed by atoms with van der Waals surface area (Å²) in [5.41, 5.74) is -4.28. The molecule has 174 valence electrons. The van der Waals surface area contributed by atoms with Crippen LogP contribution in [-0.2, 0) is 32.7 Å². The molecule has 32 heavy (non-hydrogen) atoms. The minimum atomic E-state index is -5.13. The van der Waals surface area contributed by atoms with Crippen molar-refractivity contribution in [3.63, 3.8) is 0 Å². The molecular formula is C20H17F6NO4S. The van der Waals surface area contributed by atoms with Gasteiger partial charge in [-0.15, -0.1) is 0 Å². The molecule has 0 aliphatic heterocycles. The summed E-state index contributed by atoms with van der Waals surface area (Å²) in [4.78, 5) is 24.8. The van der Waals surface area contributed by atoms with Crippen LogP contribution in [0.25, 0.3) is 0 Å². The predicted octanol–water partition coefficient (Wildman–Crippen LogP) is 4.19. The van der Waals surface area contributed by atoms with Gasteiger partial charge in [0.1, 0.15) is 6.04 Å². The summed E-state index contributed by atoms with van der Waals surface area (Å²) in [5.74, 6) is -2.46. The molecule has 5 nitrogen and oxygen atoms in total. The number of amides is 1. The Labute approximate surface area is 181 Å². The molecule has 0 radical (unpaired) electrons. The number of carbonyl (C=O) groups is 2. The molecule has 1 amide bonds. The first kappa shape index (κ1) is 25.4. The lowest BCUT2D eigenvalue weighted by atomic mass is 10.0. The Morgan fingerprint density at radius 2 is 1.50 bits per heavy atom. The number of esters is 1. The minimum absolute atomic E-state index is 0.114. The van der Waals surface area contributed by atoms with E-state index in [4.69, 9.17) is 0 Å². The summed E-state index contributed by atoms with van der Waals surface area (Å²) < 4.78 is 94.9. The second kappa shape index (κ2) is 10.2. The minimum Gasteiger partial charge on any atom is -0.467 e. The average molecular weight is 481 g/mol. The third-order valence-electron chi connectivity index (χ3n) is 4.24. The molecule has 0 aliphatic carbocycles. The Morgan fingerprint density at radius 1 is 0.969 bits per heavy atom. The number of methoxy groups -OCH3 is 1. The Morgan fingerprint density at radius 3 is 1.97 bits per heavy atom. The maximum absolute atomic E-state index is 13.0. The molecule has 2 aromatic carbocycles. The van der Waals surface area contributed by atoms with E-state index in [1.165, 1.54) is 0 Å². The topological polar surface area (TPSA) is 72.5 Å². The lowest BCUT2D eigenvalue weighted by Crippen LogP contribution is -2.42. The number of hydrogen-bond donors (Lipinski definition) is 1. The fourth-order valence-corrected chi connectivity index (χ4v) is 3.78. The fourth-order valence-electron chi connectivity index (χ4n) is 2.63. The second-order valence-corrected chi connectivity index (χ2v) is 8.07. The van der Waals surface area contributed by atoms with Gasteiger partial charge in [0.15, 0.2) is 0 Å². The van der Waals surface area contributed by atoms with Gasteiger partial charge >= 0.3 is 18.3 Å². The summed E-state index contributed by atoms with van der Waals surface area (Å²) in [5, 5.41) is 2.07. The Kier molecular flexibility index (Phi) is 8.05. The van der Waals surface area contributed by atoms with E-state index in [0.717, 1.165) is 7.11 Å². The standard InChI is InChI=1S/C20H17F6NO4S/c1-31-18(29)16(7-8-32(30)15-5-3-2-4-6-15)27-17(28)12-9-13(19(21,22)23)11-14(10-12)20(24,25)26/h2-6,9-11,16H,7-8H2,1H3,(H,27,28)/t16-,32+/m1/s1. The van der Waals surface area contributed by atoms with Crippen LogP contribution in [0.15, 0.2) is 53.4 Å². The van der Waals surface area contributed by atoms with Crippen LogP contribution in [0.4, 0.5) is 26.3 Å². The van der Waals surface area contributed by atoms with Crippen LogP contribution in [0.2, 0.25) is 0 Å². The number of rotatable bonds is 7. The molecule has 0 bridgehead atoms. The van der Waals surface area contributed by atoms with Crippen molar-refractivity contribution in [3.8, 4) is 0 Å². The zero-order chi connectivity index (χ0) is 24.1. The van der Waals surface area contributed by atoms with E-state index >= 15 is 0 Å². The molecular weight excluding hydrogens is 464 g/mol. The molecule has 0 fully saturated rings. The van der Waals surface area contributed by atoms with Crippen LogP contribution in [0.5, 0.6) is 0 Å². The van der Waals surface area contributed by atoms with E-state index in [9.17, 15) is 40.1 Å². The summed E-state index contributed by atoms with van der Waals surface area (Å²) in [6.45, 7) is 0. The van der Waals surface area contributed by atoms with Crippen LogP contribution in [0.1, 0.15) is 27.9 Å². The third-order valence-corrected chi connectivity index (χ3v) is 5.64. The van der Waals surface area contributed by atoms with Gasteiger partial charge in [0, 0.05) is 16.2 Å². The van der Waals surface area contributed by atoms with E-state index in [0.29, 0.717) is 4.90 Å². The molecule has 0 spiro atoms. The number of benzene rings is 2. The summed E-state index contributed by atoms with van der Waals surface area (Å²) in [6.07, 6.45) is -10.5. The Hall–Kier alpha value is -2.89. The van der Waals surface area contributed by atoms with Crippen molar-refractivity contribution >= 4 is 22.7 Å². The van der Waals surface area contributed by atoms with Gasteiger partial charge in [-0.25, -0.2) is 4.79 Å². The highest BCUT2D eigenvalue weighted by molar-refractivity contribution is 7.85. The van der Waals surface area contributed by atoms with Gasteiger partial charge in [-0.3, -0.25) is 9.00 Å². The first-order chi connectivity index (χ1) is 14.8. The highest BCUT2D eigenvalue weighted by Crippen LogP contribution is 2.36. The molecule has 0 saturated heterocycles. The average Bonchev–Trinajstić information content (AvgIpc) is 2.74. The SMILES string of the molecule is COC(=O)[C@@H](CC[S@](=O)c1ccccc1)NC(=O)c1cc(C(F)(F)F)cc(C(F)(F)F)c1. The number of halogens is 6. The van der Waals surface area contributed by atoms with Crippen molar-refractivity contribution in [3.05, 3.63) is 65.2 Å². The molecule has 12 heteroatoms. The zero-order valence-electron chi connectivity index (χ0n) is 16.4. The van der Waals surface area contributed by atoms with E-state index in [1.54, 1.807) is 30.3 Å². The molecule has 0 aromatic heterocycles. The summed E-state index contributed by atoms with van der Waals surface area (Å²) >= 11 is 0. The van der Waals surface area contributed by atoms with Crippen molar-refractivity contribution in [2.24, 2.45) is 0 Å². The number of hydrogen-bond acceptors (Lipinski definition) is 4. The lowest BCUT2D eigenvalue weighted by molar-refractivity contribution is -0.144. The van der Waals surface area contributed by atoms with Crippen molar-refractivity contribution < 1.29 is 44.9 Å². The van der Waals surface area contributed by atoms with E-state index < -0.39 is 57.8 Å². The van der Waals surface area contributed by atoms with Crippen molar-refractivity contribution in [1.29, 1.82) is 0 Å². The molecule has 0 heterocycles. The fraction of sp³-hybridized carbons (Fsp3) is 0.300. The second-order valence-electron chi connectivity index (χ2n) is 6.50. The first-order valence-electron chi connectivity index (χ1n) is 8.94. The van der Waals surface area contributed by atoms with Crippen LogP contribution in [0, 0.1) is 0 Å². The number of carbonyl (C=O) groups excluding carboxylic acids is 2. The van der Waals surface area contributed by atoms with Crippen LogP contribution in [0.3, 0.4) is 0 Å². The third kappa shape index (κ3) is 6.81. The van der Waals surface area contributed by atoms with E-state index in [2.05, 4.69) is 10.1 Å². The van der Waals surface area contributed by atoms with E-state index in [1.807, 2.05) is 0 Å². The maximum atomic E-state index is 13.0. The number of ether oxygens (including phenoxy) is 1. The lowest BCUT2D eigenvalue weighted by Gasteiger charge is -2.18. The van der Waals surface area contributed by atoms with Gasteiger partial charge in [0.25, 0.3) is 5.91 Å². The van der Waals surface area contributed by atoms with Crippen LogP contribution in [-0.4, -0.2) is 35.0 Å². The van der Waals surface area contributed by atoms with E-state index in [-0.39, 0.29) is 30.4 Å². The summed E-state index contributed by atoms with van der Waals surface area (Å²) in [6, 6.07) is 7.06. The monoisotopic (exact) mass is 481 g/mol. The smallest absolute Gasteiger partial charge is 0.416 e. The summed E-state index contributed by atoms with van der Waals surface area (Å²) in [7, 11) is -0.582. The van der Waals surface area contributed by atoms with Gasteiger partial charge in [0.2, 0.25) is 0 Å². The Balaban J connectivity index is 2.25. The van der Waals surface area contributed by atoms with Gasteiger partial charge in [-0.2, -0.15) is 26.3 Å². The van der Waals surface area contributed by atoms with Crippen molar-refractivity contribution in [1.82, 2.24) is 5.32 Å². The largest absolute Gasteiger partial charge is 0.467 e. The first-order valence-corrected chi connectivity index (χ1v) is 10.3. The number of nitrogens with one attached hydrogen (secondary N) is 1.